The highest BCUT2D eigenvalue weighted by molar-refractivity contribution is 5.92. The van der Waals surface area contributed by atoms with Gasteiger partial charge in [-0.25, -0.2) is 4.79 Å². The van der Waals surface area contributed by atoms with E-state index in [9.17, 15) is 9.90 Å². The lowest BCUT2D eigenvalue weighted by atomic mass is 10.0. The summed E-state index contributed by atoms with van der Waals surface area (Å²) in [4.78, 5) is 12.2. The molecule has 0 radical (unpaired) electrons. The van der Waals surface area contributed by atoms with Crippen molar-refractivity contribution in [2.75, 3.05) is 7.11 Å². The largest absolute Gasteiger partial charge is 0.508 e. The SMILES string of the molecule is COc1cc(C(=O)OC(C)(C)C)cc(-c2ccc(O)cc2)c1. The number of phenols is 1. The summed E-state index contributed by atoms with van der Waals surface area (Å²) < 4.78 is 10.7. The van der Waals surface area contributed by atoms with Crippen LogP contribution in [0, 0.1) is 0 Å². The molecule has 0 saturated heterocycles. The molecule has 116 valence electrons. The van der Waals surface area contributed by atoms with E-state index >= 15 is 0 Å². The fourth-order valence-corrected chi connectivity index (χ4v) is 1.99. The molecule has 0 aliphatic carbocycles. The predicted molar refractivity (Wildman–Crippen MR) is 85.3 cm³/mol. The molecule has 4 heteroatoms. The zero-order chi connectivity index (χ0) is 16.3. The van der Waals surface area contributed by atoms with Crippen LogP contribution in [0.5, 0.6) is 11.5 Å². The summed E-state index contributed by atoms with van der Waals surface area (Å²) >= 11 is 0. The maximum Gasteiger partial charge on any atom is 0.338 e. The molecule has 0 atom stereocenters. The molecule has 0 saturated carbocycles. The van der Waals surface area contributed by atoms with E-state index in [1.807, 2.05) is 26.8 Å². The van der Waals surface area contributed by atoms with Crippen LogP contribution in [0.2, 0.25) is 0 Å². The fraction of sp³-hybridized carbons (Fsp3) is 0.278. The van der Waals surface area contributed by atoms with Crippen molar-refractivity contribution >= 4 is 5.97 Å². The number of carbonyl (C=O) groups is 1. The average molecular weight is 300 g/mol. The highest BCUT2D eigenvalue weighted by atomic mass is 16.6. The Morgan fingerprint density at radius 1 is 1.00 bits per heavy atom. The van der Waals surface area contributed by atoms with Crippen molar-refractivity contribution in [3.63, 3.8) is 0 Å². The van der Waals surface area contributed by atoms with Gasteiger partial charge in [0.2, 0.25) is 0 Å². The van der Waals surface area contributed by atoms with Gasteiger partial charge >= 0.3 is 5.97 Å². The summed E-state index contributed by atoms with van der Waals surface area (Å²) in [6, 6.07) is 12.0. The van der Waals surface area contributed by atoms with Crippen molar-refractivity contribution in [2.24, 2.45) is 0 Å². The van der Waals surface area contributed by atoms with E-state index in [4.69, 9.17) is 9.47 Å². The third-order valence-corrected chi connectivity index (χ3v) is 2.98. The Morgan fingerprint density at radius 3 is 2.18 bits per heavy atom. The Hall–Kier alpha value is -2.49. The van der Waals surface area contributed by atoms with E-state index in [0.29, 0.717) is 11.3 Å². The van der Waals surface area contributed by atoms with Crippen LogP contribution in [0.3, 0.4) is 0 Å². The average Bonchev–Trinajstić information content (AvgIpc) is 2.45. The molecule has 2 aromatic carbocycles. The van der Waals surface area contributed by atoms with Crippen molar-refractivity contribution in [3.8, 4) is 22.6 Å². The molecule has 0 spiro atoms. The van der Waals surface area contributed by atoms with Crippen LogP contribution in [-0.4, -0.2) is 23.8 Å². The molecular weight excluding hydrogens is 280 g/mol. The van der Waals surface area contributed by atoms with Gasteiger partial charge in [-0.15, -0.1) is 0 Å². The Bertz CT molecular complexity index is 666. The van der Waals surface area contributed by atoms with Gasteiger partial charge in [0.15, 0.2) is 0 Å². The molecule has 0 aliphatic heterocycles. The van der Waals surface area contributed by atoms with Gasteiger partial charge in [0, 0.05) is 0 Å². The topological polar surface area (TPSA) is 55.8 Å². The number of methoxy groups -OCH3 is 1. The summed E-state index contributed by atoms with van der Waals surface area (Å²) in [5.74, 6) is 0.372. The first-order chi connectivity index (χ1) is 10.3. The Labute approximate surface area is 130 Å². The second-order valence-electron chi connectivity index (χ2n) is 6.00. The third-order valence-electron chi connectivity index (χ3n) is 2.98. The zero-order valence-corrected chi connectivity index (χ0v) is 13.2. The van der Waals surface area contributed by atoms with Crippen LogP contribution < -0.4 is 4.74 Å². The third kappa shape index (κ3) is 4.01. The van der Waals surface area contributed by atoms with Crippen molar-refractivity contribution in [1.29, 1.82) is 0 Å². The second-order valence-corrected chi connectivity index (χ2v) is 6.00. The second kappa shape index (κ2) is 6.10. The number of ether oxygens (including phenoxy) is 2. The molecule has 0 heterocycles. The predicted octanol–water partition coefficient (Wildman–Crippen LogP) is 4.02. The number of esters is 1. The monoisotopic (exact) mass is 300 g/mol. The molecule has 0 amide bonds. The molecule has 0 aliphatic rings. The van der Waals surface area contributed by atoms with E-state index in [-0.39, 0.29) is 5.75 Å². The number of hydrogen-bond donors (Lipinski definition) is 1. The van der Waals surface area contributed by atoms with Gasteiger partial charge in [0.25, 0.3) is 0 Å². The van der Waals surface area contributed by atoms with Crippen LogP contribution in [-0.2, 0) is 4.74 Å². The van der Waals surface area contributed by atoms with Crippen LogP contribution in [0.4, 0.5) is 0 Å². The maximum atomic E-state index is 12.2. The number of carbonyl (C=O) groups excluding carboxylic acids is 1. The highest BCUT2D eigenvalue weighted by Gasteiger charge is 2.19. The summed E-state index contributed by atoms with van der Waals surface area (Å²) in [5, 5.41) is 9.38. The number of phenolic OH excluding ortho intramolecular Hbond substituents is 1. The Balaban J connectivity index is 2.42. The van der Waals surface area contributed by atoms with Crippen LogP contribution in [0.15, 0.2) is 42.5 Å². The molecule has 1 N–H and O–H groups in total. The molecule has 0 aromatic heterocycles. The molecular formula is C18H20O4. The lowest BCUT2D eigenvalue weighted by molar-refractivity contribution is 0.00692. The van der Waals surface area contributed by atoms with Crippen LogP contribution >= 0.6 is 0 Å². The number of rotatable bonds is 3. The van der Waals surface area contributed by atoms with Gasteiger partial charge in [0.05, 0.1) is 12.7 Å². The Kier molecular flexibility index (Phi) is 4.40. The molecule has 2 rings (SSSR count). The lowest BCUT2D eigenvalue weighted by Crippen LogP contribution is -2.23. The van der Waals surface area contributed by atoms with E-state index in [1.165, 1.54) is 0 Å². The van der Waals surface area contributed by atoms with Gasteiger partial charge in [-0.1, -0.05) is 12.1 Å². The molecule has 0 unspecified atom stereocenters. The molecule has 0 fully saturated rings. The highest BCUT2D eigenvalue weighted by Crippen LogP contribution is 2.28. The van der Waals surface area contributed by atoms with Crippen molar-refractivity contribution in [1.82, 2.24) is 0 Å². The molecule has 22 heavy (non-hydrogen) atoms. The van der Waals surface area contributed by atoms with Crippen LogP contribution in [0.25, 0.3) is 11.1 Å². The van der Waals surface area contributed by atoms with Gasteiger partial charge < -0.3 is 14.6 Å². The van der Waals surface area contributed by atoms with Crippen molar-refractivity contribution < 1.29 is 19.4 Å². The first-order valence-electron chi connectivity index (χ1n) is 7.00. The first kappa shape index (κ1) is 15.9. The van der Waals surface area contributed by atoms with E-state index in [2.05, 4.69) is 0 Å². The lowest BCUT2D eigenvalue weighted by Gasteiger charge is -2.20. The zero-order valence-electron chi connectivity index (χ0n) is 13.2. The van der Waals surface area contributed by atoms with Gasteiger partial charge in [0.1, 0.15) is 17.1 Å². The minimum Gasteiger partial charge on any atom is -0.508 e. The van der Waals surface area contributed by atoms with Crippen LogP contribution in [0.1, 0.15) is 31.1 Å². The Morgan fingerprint density at radius 2 is 1.64 bits per heavy atom. The smallest absolute Gasteiger partial charge is 0.338 e. The van der Waals surface area contributed by atoms with Crippen molar-refractivity contribution in [3.05, 3.63) is 48.0 Å². The molecule has 0 bridgehead atoms. The summed E-state index contributed by atoms with van der Waals surface area (Å²) in [6.45, 7) is 5.48. The van der Waals surface area contributed by atoms with E-state index < -0.39 is 11.6 Å². The number of benzene rings is 2. The van der Waals surface area contributed by atoms with E-state index in [0.717, 1.165) is 11.1 Å². The summed E-state index contributed by atoms with van der Waals surface area (Å²) in [7, 11) is 1.55. The van der Waals surface area contributed by atoms with Crippen molar-refractivity contribution in [2.45, 2.75) is 26.4 Å². The first-order valence-corrected chi connectivity index (χ1v) is 7.00. The molecule has 2 aromatic rings. The minimum absolute atomic E-state index is 0.194. The molecule has 4 nitrogen and oxygen atoms in total. The minimum atomic E-state index is -0.557. The fourth-order valence-electron chi connectivity index (χ4n) is 1.99. The number of hydrogen-bond acceptors (Lipinski definition) is 4. The standard InChI is InChI=1S/C18H20O4/c1-18(2,3)22-17(20)14-9-13(10-16(11-14)21-4)12-5-7-15(19)8-6-12/h5-11,19H,1-4H3. The summed E-state index contributed by atoms with van der Waals surface area (Å²) in [5.41, 5.74) is 1.57. The van der Waals surface area contributed by atoms with Gasteiger partial charge in [-0.2, -0.15) is 0 Å². The summed E-state index contributed by atoms with van der Waals surface area (Å²) in [6.07, 6.45) is 0. The van der Waals surface area contributed by atoms with Gasteiger partial charge in [-0.3, -0.25) is 0 Å². The maximum absolute atomic E-state index is 12.2. The van der Waals surface area contributed by atoms with Gasteiger partial charge in [-0.05, 0) is 62.2 Å². The quantitative estimate of drug-likeness (QED) is 0.870. The van der Waals surface area contributed by atoms with E-state index in [1.54, 1.807) is 43.5 Å². The number of aromatic hydroxyl groups is 1. The normalized spacial score (nSPS) is 11.1.